The number of nitrogens with zero attached hydrogens (tertiary/aromatic N) is 1. The molecular formula is C19H33NO8. The maximum absolute atomic E-state index is 12.7. The van der Waals surface area contributed by atoms with Gasteiger partial charge in [-0.15, -0.1) is 0 Å². The molecule has 0 rings (SSSR count). The molecule has 162 valence electrons. The first-order valence-corrected chi connectivity index (χ1v) is 9.02. The minimum Gasteiger partial charge on any atom is -0.481 e. The molecule has 1 atom stereocenters. The predicted octanol–water partition coefficient (Wildman–Crippen LogP) is 3.73. The van der Waals surface area contributed by atoms with Crippen molar-refractivity contribution in [3.63, 3.8) is 0 Å². The second kappa shape index (κ2) is 9.25. The van der Waals surface area contributed by atoms with E-state index in [2.05, 4.69) is 0 Å². The second-order valence-corrected chi connectivity index (χ2v) is 9.31. The monoisotopic (exact) mass is 403 g/mol. The molecule has 0 fully saturated rings. The van der Waals surface area contributed by atoms with Crippen molar-refractivity contribution in [1.29, 1.82) is 0 Å². The lowest BCUT2D eigenvalue weighted by molar-refractivity contribution is -0.161. The highest BCUT2D eigenvalue weighted by Gasteiger charge is 2.42. The van der Waals surface area contributed by atoms with Gasteiger partial charge in [-0.25, -0.2) is 14.4 Å². The number of amides is 2. The number of rotatable bonds is 5. The average Bonchev–Trinajstić information content (AvgIpc) is 2.36. The first kappa shape index (κ1) is 25.7. The van der Waals surface area contributed by atoms with Crippen molar-refractivity contribution in [3.05, 3.63) is 0 Å². The van der Waals surface area contributed by atoms with Crippen LogP contribution < -0.4 is 0 Å². The van der Waals surface area contributed by atoms with Crippen molar-refractivity contribution < 1.29 is 38.5 Å². The predicted molar refractivity (Wildman–Crippen MR) is 101 cm³/mol. The Labute approximate surface area is 166 Å². The maximum atomic E-state index is 12.7. The summed E-state index contributed by atoms with van der Waals surface area (Å²) in [4.78, 5) is 49.6. The van der Waals surface area contributed by atoms with Crippen LogP contribution in [0.15, 0.2) is 0 Å². The van der Waals surface area contributed by atoms with Gasteiger partial charge in [-0.1, -0.05) is 0 Å². The number of esters is 1. The summed E-state index contributed by atoms with van der Waals surface area (Å²) in [6, 6.07) is -1.51. The number of carbonyl (C=O) groups is 4. The number of carbonyl (C=O) groups excluding carboxylic acids is 3. The van der Waals surface area contributed by atoms with Crippen molar-refractivity contribution in [3.8, 4) is 0 Å². The fraction of sp³-hybridized carbons (Fsp3) is 0.789. The fourth-order valence-corrected chi connectivity index (χ4v) is 1.93. The zero-order chi connectivity index (χ0) is 22.5. The summed E-state index contributed by atoms with van der Waals surface area (Å²) >= 11 is 0. The molecule has 1 N–H and O–H groups in total. The van der Waals surface area contributed by atoms with E-state index in [-0.39, 0.29) is 6.42 Å². The topological polar surface area (TPSA) is 119 Å². The molecule has 0 heterocycles. The molecule has 9 nitrogen and oxygen atoms in total. The third-order valence-electron chi connectivity index (χ3n) is 2.80. The van der Waals surface area contributed by atoms with Crippen LogP contribution in [0.2, 0.25) is 0 Å². The number of carboxylic acids is 1. The van der Waals surface area contributed by atoms with Crippen LogP contribution in [-0.4, -0.2) is 57.0 Å². The van der Waals surface area contributed by atoms with E-state index >= 15 is 0 Å². The fourth-order valence-electron chi connectivity index (χ4n) is 1.93. The molecule has 0 unspecified atom stereocenters. The van der Waals surface area contributed by atoms with Crippen LogP contribution >= 0.6 is 0 Å². The van der Waals surface area contributed by atoms with E-state index in [1.54, 1.807) is 62.3 Å². The largest absolute Gasteiger partial charge is 0.481 e. The first-order chi connectivity index (χ1) is 12.3. The van der Waals surface area contributed by atoms with Gasteiger partial charge < -0.3 is 19.3 Å². The summed E-state index contributed by atoms with van der Waals surface area (Å²) in [5, 5.41) is 9.01. The van der Waals surface area contributed by atoms with Gasteiger partial charge in [0.05, 0.1) is 0 Å². The van der Waals surface area contributed by atoms with Crippen LogP contribution in [-0.2, 0) is 23.8 Å². The maximum Gasteiger partial charge on any atom is 0.420 e. The molecule has 0 aliphatic rings. The van der Waals surface area contributed by atoms with Gasteiger partial charge in [0.1, 0.15) is 22.8 Å². The summed E-state index contributed by atoms with van der Waals surface area (Å²) < 4.78 is 15.8. The minimum absolute atomic E-state index is 0.345. The summed E-state index contributed by atoms with van der Waals surface area (Å²) in [6.07, 6.45) is -3.06. The van der Waals surface area contributed by atoms with Crippen LogP contribution in [0.1, 0.15) is 75.2 Å². The summed E-state index contributed by atoms with van der Waals surface area (Å²) in [5.74, 6) is -2.12. The van der Waals surface area contributed by atoms with Gasteiger partial charge >= 0.3 is 24.1 Å². The Hall–Kier alpha value is -2.32. The van der Waals surface area contributed by atoms with Gasteiger partial charge in [-0.3, -0.25) is 4.79 Å². The summed E-state index contributed by atoms with van der Waals surface area (Å²) in [6.45, 7) is 14.4. The number of aliphatic carboxylic acids is 1. The molecule has 0 bridgehead atoms. The van der Waals surface area contributed by atoms with Gasteiger partial charge in [0.25, 0.3) is 0 Å². The molecular weight excluding hydrogens is 370 g/mol. The summed E-state index contributed by atoms with van der Waals surface area (Å²) in [5.41, 5.74) is -2.82. The van der Waals surface area contributed by atoms with E-state index in [0.717, 1.165) is 0 Å². The molecule has 28 heavy (non-hydrogen) atoms. The van der Waals surface area contributed by atoms with Crippen molar-refractivity contribution in [2.75, 3.05) is 0 Å². The standard InChI is InChI=1S/C19H33NO8/c1-17(2,3)26-14(23)12(10-11-13(21)22)20(15(24)27-18(4,5)6)16(25)28-19(7,8)9/h12H,10-11H2,1-9H3,(H,21,22)/t12-/m0/s1. The number of hydrogen-bond donors (Lipinski definition) is 1. The van der Waals surface area contributed by atoms with Gasteiger partial charge in [0, 0.05) is 6.42 Å². The van der Waals surface area contributed by atoms with Crippen molar-refractivity contribution in [1.82, 2.24) is 4.90 Å². The molecule has 0 aliphatic heterocycles. The highest BCUT2D eigenvalue weighted by atomic mass is 16.6. The lowest BCUT2D eigenvalue weighted by Crippen LogP contribution is -2.53. The van der Waals surface area contributed by atoms with Crippen LogP contribution in [0.4, 0.5) is 9.59 Å². The Bertz CT molecular complexity index is 565. The quantitative estimate of drug-likeness (QED) is 0.544. The Kier molecular flexibility index (Phi) is 8.48. The van der Waals surface area contributed by atoms with E-state index in [1.165, 1.54) is 0 Å². The SMILES string of the molecule is CC(C)(C)OC(=O)[C@H](CCC(=O)O)N(C(=O)OC(C)(C)C)C(=O)OC(C)(C)C. The Morgan fingerprint density at radius 3 is 1.39 bits per heavy atom. The third kappa shape index (κ3) is 10.7. The molecule has 0 radical (unpaired) electrons. The highest BCUT2D eigenvalue weighted by molar-refractivity contribution is 5.94. The average molecular weight is 403 g/mol. The van der Waals surface area contributed by atoms with Crippen LogP contribution in [0.25, 0.3) is 0 Å². The third-order valence-corrected chi connectivity index (χ3v) is 2.80. The van der Waals surface area contributed by atoms with Gasteiger partial charge in [-0.2, -0.15) is 4.90 Å². The van der Waals surface area contributed by atoms with Gasteiger partial charge in [0.15, 0.2) is 0 Å². The van der Waals surface area contributed by atoms with E-state index in [9.17, 15) is 19.2 Å². The Morgan fingerprint density at radius 2 is 1.11 bits per heavy atom. The lowest BCUT2D eigenvalue weighted by Gasteiger charge is -2.33. The zero-order valence-corrected chi connectivity index (χ0v) is 18.2. The molecule has 0 spiro atoms. The molecule has 0 saturated heterocycles. The van der Waals surface area contributed by atoms with Crippen LogP contribution in [0, 0.1) is 0 Å². The minimum atomic E-state index is -1.51. The number of carboxylic acid groups (broad SMARTS) is 1. The number of imide groups is 1. The molecule has 0 aromatic heterocycles. The van der Waals surface area contributed by atoms with Crippen molar-refractivity contribution in [2.24, 2.45) is 0 Å². The second-order valence-electron chi connectivity index (χ2n) is 9.31. The molecule has 9 heteroatoms. The number of hydrogen-bond acceptors (Lipinski definition) is 7. The first-order valence-electron chi connectivity index (χ1n) is 9.02. The zero-order valence-electron chi connectivity index (χ0n) is 18.2. The van der Waals surface area contributed by atoms with Crippen molar-refractivity contribution >= 4 is 24.1 Å². The highest BCUT2D eigenvalue weighted by Crippen LogP contribution is 2.21. The Balaban J connectivity index is 6.02. The smallest absolute Gasteiger partial charge is 0.420 e. The molecule has 0 aromatic carbocycles. The van der Waals surface area contributed by atoms with E-state index in [1.807, 2.05) is 0 Å². The summed E-state index contributed by atoms with van der Waals surface area (Å²) in [7, 11) is 0. The van der Waals surface area contributed by atoms with E-state index in [0.29, 0.717) is 4.90 Å². The van der Waals surface area contributed by atoms with E-state index < -0.39 is 53.4 Å². The van der Waals surface area contributed by atoms with Crippen LogP contribution in [0.3, 0.4) is 0 Å². The van der Waals surface area contributed by atoms with Crippen LogP contribution in [0.5, 0.6) is 0 Å². The van der Waals surface area contributed by atoms with Gasteiger partial charge in [-0.05, 0) is 68.7 Å². The number of ether oxygens (including phenoxy) is 3. The Morgan fingerprint density at radius 1 is 0.750 bits per heavy atom. The molecule has 2 amide bonds. The van der Waals surface area contributed by atoms with Gasteiger partial charge in [0.2, 0.25) is 0 Å². The lowest BCUT2D eigenvalue weighted by atomic mass is 10.1. The molecule has 0 aromatic rings. The molecule has 0 aliphatic carbocycles. The molecule has 0 saturated carbocycles. The normalized spacial score (nSPS) is 13.3. The van der Waals surface area contributed by atoms with Crippen molar-refractivity contribution in [2.45, 2.75) is 98.0 Å². The van der Waals surface area contributed by atoms with E-state index in [4.69, 9.17) is 19.3 Å².